The average molecular weight is 1200 g/mol. The summed E-state index contributed by atoms with van der Waals surface area (Å²) < 4.78 is 16.6. The molecule has 0 unspecified atom stereocenters. The highest BCUT2D eigenvalue weighted by Crippen LogP contribution is 2.40. The second kappa shape index (κ2) is 28.9. The van der Waals surface area contributed by atoms with E-state index in [0.29, 0.717) is 57.0 Å². The summed E-state index contributed by atoms with van der Waals surface area (Å²) in [6, 6.07) is 10.7. The quantitative estimate of drug-likeness (QED) is 0.0635. The first-order valence-electron chi connectivity index (χ1n) is 29.7. The van der Waals surface area contributed by atoms with Crippen LogP contribution in [0.3, 0.4) is 0 Å². The predicted molar refractivity (Wildman–Crippen MR) is 349 cm³/mol. The van der Waals surface area contributed by atoms with Gasteiger partial charge in [0, 0.05) is 133 Å². The number of aromatic nitrogens is 6. The third-order valence-corrected chi connectivity index (χ3v) is 17.8. The van der Waals surface area contributed by atoms with Gasteiger partial charge in [-0.05, 0) is 165 Å². The molecule has 4 saturated heterocycles. The number of likely N-dealkylation sites (tertiary alicyclic amines) is 2. The normalized spacial score (nSPS) is 18.6. The molecule has 6 aliphatic heterocycles. The maximum absolute atomic E-state index is 12.2. The van der Waals surface area contributed by atoms with Gasteiger partial charge in [-0.2, -0.15) is 46.9 Å². The van der Waals surface area contributed by atoms with Crippen LogP contribution in [0, 0.1) is 27.7 Å². The molecule has 456 valence electrons. The number of aromatic amines is 2. The minimum absolute atomic E-state index is 0. The molecule has 12 rings (SSSR count). The number of H-pyrrole nitrogens is 2. The first-order chi connectivity index (χ1) is 40.2. The summed E-state index contributed by atoms with van der Waals surface area (Å²) in [5, 5.41) is 2.54. The van der Waals surface area contributed by atoms with Crippen LogP contribution in [0.4, 0.5) is 23.0 Å². The van der Waals surface area contributed by atoms with Crippen LogP contribution in [0.25, 0.3) is 21.8 Å². The van der Waals surface area contributed by atoms with Gasteiger partial charge in [-0.1, -0.05) is 19.7 Å². The molecule has 0 aliphatic carbocycles. The number of anilines is 4. The van der Waals surface area contributed by atoms with E-state index in [-0.39, 0.29) is 32.9 Å². The largest absolute Gasteiger partial charge is 0.462 e. The van der Waals surface area contributed by atoms with Crippen molar-refractivity contribution in [2.45, 2.75) is 111 Å². The molecule has 6 aliphatic rings. The SMILES string of the molecule is C=CC(=O)N1CCN(c2nc(OC[C@@H]3CCCN3C)nc3c2CCN(c2c(C)c(C)cc4[nH]ccc24)C3)CC1.C=CC(=O)OC(=O)C=C.Cc1cc2[nH]ccc2c(N2CCc3c(nc(OC[C@@H]4CCCN4C)nc3N3CCCCC3)C2)c1C.S.S. The van der Waals surface area contributed by atoms with Crippen molar-refractivity contribution in [1.29, 1.82) is 0 Å². The average Bonchev–Trinajstić information content (AvgIpc) is 3.88. The third kappa shape index (κ3) is 14.4. The van der Waals surface area contributed by atoms with E-state index in [0.717, 1.165) is 113 Å². The molecule has 0 bridgehead atoms. The van der Waals surface area contributed by atoms with E-state index < -0.39 is 11.9 Å². The lowest BCUT2D eigenvalue weighted by Crippen LogP contribution is -2.49. The zero-order valence-electron chi connectivity index (χ0n) is 50.6. The van der Waals surface area contributed by atoms with E-state index in [1.165, 1.54) is 111 Å². The Hall–Kier alpha value is -7.07. The van der Waals surface area contributed by atoms with Crippen molar-refractivity contribution in [3.05, 3.63) is 119 Å². The van der Waals surface area contributed by atoms with Crippen LogP contribution >= 0.6 is 27.0 Å². The molecule has 0 radical (unpaired) electrons. The number of carbonyl (C=O) groups excluding carboxylic acids is 3. The van der Waals surface area contributed by atoms with Crippen molar-refractivity contribution < 1.29 is 28.6 Å². The van der Waals surface area contributed by atoms with Gasteiger partial charge in [-0.3, -0.25) is 4.79 Å². The summed E-state index contributed by atoms with van der Waals surface area (Å²) in [6.07, 6.45) is 17.7. The van der Waals surface area contributed by atoms with Crippen LogP contribution < -0.4 is 29.1 Å². The number of benzene rings is 2. The number of aryl methyl sites for hydroxylation is 2. The fourth-order valence-corrected chi connectivity index (χ4v) is 12.7. The molecule has 4 aromatic heterocycles. The van der Waals surface area contributed by atoms with Crippen LogP contribution in [0.5, 0.6) is 12.0 Å². The first kappa shape index (κ1) is 63.9. The lowest BCUT2D eigenvalue weighted by molar-refractivity contribution is -0.152. The van der Waals surface area contributed by atoms with Crippen molar-refractivity contribution >= 4 is 89.7 Å². The Kier molecular flexibility index (Phi) is 21.7. The van der Waals surface area contributed by atoms with E-state index in [4.69, 9.17) is 29.4 Å². The Labute approximate surface area is 514 Å². The number of carbonyl (C=O) groups is 3. The van der Waals surface area contributed by atoms with Gasteiger partial charge in [0.15, 0.2) is 0 Å². The van der Waals surface area contributed by atoms with E-state index in [2.05, 4.69) is 130 Å². The van der Waals surface area contributed by atoms with Crippen molar-refractivity contribution in [1.82, 2.24) is 44.6 Å². The maximum Gasteiger partial charge on any atom is 0.338 e. The Bertz CT molecular complexity index is 3350. The lowest BCUT2D eigenvalue weighted by Gasteiger charge is -2.38. The molecule has 2 N–H and O–H groups in total. The fourth-order valence-electron chi connectivity index (χ4n) is 12.7. The number of hydrogen-bond donors (Lipinski definition) is 2. The molecule has 2 aromatic carbocycles. The van der Waals surface area contributed by atoms with Crippen LogP contribution in [0.15, 0.2) is 74.6 Å². The summed E-state index contributed by atoms with van der Waals surface area (Å²) in [4.78, 5) is 75.7. The molecule has 2 atom stereocenters. The fraction of sp³-hybridized carbons (Fsp3) is 0.484. The van der Waals surface area contributed by atoms with Crippen molar-refractivity contribution in [2.75, 3.05) is 112 Å². The molecule has 1 amide bonds. The number of amides is 1. The van der Waals surface area contributed by atoms with Gasteiger partial charge in [0.2, 0.25) is 5.91 Å². The lowest BCUT2D eigenvalue weighted by atomic mass is 9.99. The number of piperidine rings is 1. The minimum atomic E-state index is -0.764. The van der Waals surface area contributed by atoms with Crippen LogP contribution in [0.2, 0.25) is 0 Å². The molecule has 19 nitrogen and oxygen atoms in total. The maximum atomic E-state index is 12.2. The summed E-state index contributed by atoms with van der Waals surface area (Å²) >= 11 is 0. The molecular weight excluding hydrogens is 1110 g/mol. The number of ether oxygens (including phenoxy) is 3. The van der Waals surface area contributed by atoms with Crippen LogP contribution in [-0.2, 0) is 45.1 Å². The van der Waals surface area contributed by atoms with E-state index >= 15 is 0 Å². The van der Waals surface area contributed by atoms with Crippen molar-refractivity contribution in [3.8, 4) is 12.0 Å². The number of esters is 2. The second-order valence-corrected chi connectivity index (χ2v) is 23.0. The highest BCUT2D eigenvalue weighted by atomic mass is 32.1. The number of nitrogens with zero attached hydrogens (tertiary/aromatic N) is 11. The van der Waals surface area contributed by atoms with Gasteiger partial charge in [0.05, 0.1) is 24.5 Å². The van der Waals surface area contributed by atoms with Gasteiger partial charge in [-0.25, -0.2) is 9.59 Å². The number of rotatable bonds is 13. The highest BCUT2D eigenvalue weighted by Gasteiger charge is 2.33. The van der Waals surface area contributed by atoms with Gasteiger partial charge in [0.1, 0.15) is 24.8 Å². The van der Waals surface area contributed by atoms with E-state index in [1.54, 1.807) is 0 Å². The number of fused-ring (bicyclic) bond motifs is 4. The Morgan fingerprint density at radius 3 is 1.42 bits per heavy atom. The summed E-state index contributed by atoms with van der Waals surface area (Å²) in [5.41, 5.74) is 14.9. The predicted octanol–water partition coefficient (Wildman–Crippen LogP) is 8.70. The van der Waals surface area contributed by atoms with E-state index in [1.807, 2.05) is 17.3 Å². The zero-order chi connectivity index (χ0) is 58.3. The van der Waals surface area contributed by atoms with Crippen LogP contribution in [0.1, 0.15) is 89.7 Å². The molecular formula is C64H87N13O6S2. The first-order valence-corrected chi connectivity index (χ1v) is 29.7. The molecule has 0 saturated carbocycles. The molecule has 21 heteroatoms. The summed E-state index contributed by atoms with van der Waals surface area (Å²) in [6.45, 7) is 30.5. The zero-order valence-corrected chi connectivity index (χ0v) is 52.6. The third-order valence-electron chi connectivity index (χ3n) is 17.8. The van der Waals surface area contributed by atoms with Gasteiger partial charge in [0.25, 0.3) is 0 Å². The van der Waals surface area contributed by atoms with Gasteiger partial charge < -0.3 is 58.5 Å². The number of likely N-dealkylation sites (N-methyl/N-ethyl adjacent to an activating group) is 2. The Morgan fingerprint density at radius 2 is 1.01 bits per heavy atom. The molecule has 10 heterocycles. The van der Waals surface area contributed by atoms with E-state index in [9.17, 15) is 14.4 Å². The number of nitrogens with one attached hydrogen (secondary N) is 2. The smallest absolute Gasteiger partial charge is 0.338 e. The number of hydrogen-bond acceptors (Lipinski definition) is 16. The Balaban J connectivity index is 0.000000190. The molecule has 6 aromatic rings. The summed E-state index contributed by atoms with van der Waals surface area (Å²) in [5.74, 6) is 0.550. The molecule has 0 spiro atoms. The number of piperazine rings is 1. The monoisotopic (exact) mass is 1200 g/mol. The summed E-state index contributed by atoms with van der Waals surface area (Å²) in [7, 11) is 4.35. The van der Waals surface area contributed by atoms with Gasteiger partial charge in [-0.15, -0.1) is 0 Å². The van der Waals surface area contributed by atoms with Crippen molar-refractivity contribution in [2.24, 2.45) is 0 Å². The van der Waals surface area contributed by atoms with Crippen LogP contribution in [-0.4, -0.2) is 167 Å². The standard InChI is InChI=1S/C30H39N7O2.C28H38N6O.C6H6O3.2H2S/c1-5-27(38)35-13-15-36(16-14-35)29-24-9-12-37(28-21(3)20(2)17-25-23(28)8-10-31-25)18-26(24)32-30(33-29)39-19-22-7-6-11-34(22)4;1-19-16-24-22(9-11-29-24)26(20(19)2)34-15-10-23-25(17-34)30-28(35-18-21-8-7-12-32(21)3)31-27(23)33-13-5-4-6-14-33;1-3-5(7)9-6(8)4-2;;/h5,8,10,17,22,31H,1,6-7,9,11-16,18-19H2,2-4H3;9,11,16,21,29H,4-8,10,12-15,17-18H2,1-3H3;3-4H,1-2H2;2*1H2/t22-;21-;;;/m00.../s1. The molecule has 85 heavy (non-hydrogen) atoms. The Morgan fingerprint density at radius 1 is 0.565 bits per heavy atom. The molecule has 4 fully saturated rings. The minimum Gasteiger partial charge on any atom is -0.462 e. The van der Waals surface area contributed by atoms with Gasteiger partial charge >= 0.3 is 24.0 Å². The van der Waals surface area contributed by atoms with Crippen molar-refractivity contribution in [3.63, 3.8) is 0 Å². The second-order valence-electron chi connectivity index (χ2n) is 23.0. The topological polar surface area (TPSA) is 185 Å². The highest BCUT2D eigenvalue weighted by molar-refractivity contribution is 7.59.